The number of unbranched alkanes of at least 4 members (excludes halogenated alkanes) is 2. The van der Waals surface area contributed by atoms with Crippen molar-refractivity contribution in [3.05, 3.63) is 0 Å². The van der Waals surface area contributed by atoms with Crippen molar-refractivity contribution in [2.45, 2.75) is 25.3 Å². The maximum absolute atomic E-state index is 10.9. The Balaban J connectivity index is 3.27. The van der Waals surface area contributed by atoms with Crippen molar-refractivity contribution in [2.75, 3.05) is 19.8 Å². The van der Waals surface area contributed by atoms with Crippen LogP contribution in [0.5, 0.6) is 0 Å². The monoisotopic (exact) mass is 191 g/mol. The van der Waals surface area contributed by atoms with E-state index in [2.05, 4.69) is 0 Å². The zero-order valence-electron chi connectivity index (χ0n) is 7.61. The van der Waals surface area contributed by atoms with Crippen LogP contribution in [0.3, 0.4) is 0 Å². The molecular weight excluding hydrogens is 174 g/mol. The Kier molecular flexibility index (Phi) is 7.57. The first kappa shape index (κ1) is 12.3. The van der Waals surface area contributed by atoms with Gasteiger partial charge in [-0.3, -0.25) is 4.79 Å². The molecule has 5 heteroatoms. The van der Waals surface area contributed by atoms with Crippen LogP contribution in [0.1, 0.15) is 19.3 Å². The normalized spacial score (nSPS) is 12.5. The number of aliphatic hydroxyl groups is 2. The summed E-state index contributed by atoms with van der Waals surface area (Å²) in [7, 11) is 0. The van der Waals surface area contributed by atoms with Gasteiger partial charge in [0.15, 0.2) is 0 Å². The van der Waals surface area contributed by atoms with E-state index in [-0.39, 0.29) is 6.61 Å². The molecule has 0 fully saturated rings. The molecule has 78 valence electrons. The smallest absolute Gasteiger partial charge is 0.325 e. The van der Waals surface area contributed by atoms with Gasteiger partial charge in [0.1, 0.15) is 6.04 Å². The summed E-state index contributed by atoms with van der Waals surface area (Å²) in [6, 6.07) is -0.933. The van der Waals surface area contributed by atoms with Crippen LogP contribution in [0, 0.1) is 0 Å². The molecule has 4 N–H and O–H groups in total. The molecule has 0 bridgehead atoms. The summed E-state index contributed by atoms with van der Waals surface area (Å²) in [5.74, 6) is -0.577. The molecule has 0 rings (SSSR count). The van der Waals surface area contributed by atoms with Gasteiger partial charge in [-0.15, -0.1) is 0 Å². The van der Waals surface area contributed by atoms with Crippen LogP contribution >= 0.6 is 0 Å². The van der Waals surface area contributed by atoms with Gasteiger partial charge in [0.05, 0.1) is 13.2 Å². The molecule has 0 spiro atoms. The second-order valence-electron chi connectivity index (χ2n) is 2.74. The number of carbonyl (C=O) groups excluding carboxylic acids is 1. The van der Waals surface area contributed by atoms with Gasteiger partial charge in [-0.05, 0) is 19.3 Å². The number of nitrogens with two attached hydrogens (primary N) is 1. The number of hydrogen-bond donors (Lipinski definition) is 3. The van der Waals surface area contributed by atoms with E-state index in [9.17, 15) is 4.79 Å². The van der Waals surface area contributed by atoms with Crippen LogP contribution in [-0.4, -0.2) is 42.0 Å². The molecule has 0 aromatic rings. The zero-order valence-corrected chi connectivity index (χ0v) is 7.61. The highest BCUT2D eigenvalue weighted by molar-refractivity contribution is 5.75. The summed E-state index contributed by atoms with van der Waals surface area (Å²) >= 11 is 0. The van der Waals surface area contributed by atoms with Crippen LogP contribution in [-0.2, 0) is 9.53 Å². The summed E-state index contributed by atoms with van der Waals surface area (Å²) < 4.78 is 4.74. The highest BCUT2D eigenvalue weighted by Crippen LogP contribution is 1.95. The molecule has 1 atom stereocenters. The lowest BCUT2D eigenvalue weighted by atomic mass is 10.2. The Labute approximate surface area is 77.5 Å². The third kappa shape index (κ3) is 6.51. The van der Waals surface area contributed by atoms with Gasteiger partial charge < -0.3 is 20.7 Å². The minimum Gasteiger partial charge on any atom is -0.464 e. The first-order valence-electron chi connectivity index (χ1n) is 4.36. The van der Waals surface area contributed by atoms with E-state index in [1.165, 1.54) is 0 Å². The number of rotatable bonds is 7. The minimum absolute atomic E-state index is 0.157. The van der Waals surface area contributed by atoms with Crippen molar-refractivity contribution in [2.24, 2.45) is 5.73 Å². The molecule has 0 heterocycles. The fraction of sp³-hybridized carbons (Fsp3) is 0.875. The molecule has 13 heavy (non-hydrogen) atoms. The average Bonchev–Trinajstić information content (AvgIpc) is 2.16. The van der Waals surface area contributed by atoms with Crippen molar-refractivity contribution in [1.82, 2.24) is 0 Å². The molecule has 0 aromatic carbocycles. The van der Waals surface area contributed by atoms with E-state index >= 15 is 0 Å². The van der Waals surface area contributed by atoms with E-state index in [4.69, 9.17) is 20.7 Å². The van der Waals surface area contributed by atoms with Crippen LogP contribution in [0.4, 0.5) is 0 Å². The van der Waals surface area contributed by atoms with Crippen molar-refractivity contribution in [1.29, 1.82) is 0 Å². The first-order chi connectivity index (χ1) is 6.22. The van der Waals surface area contributed by atoms with E-state index in [1.54, 1.807) is 0 Å². The van der Waals surface area contributed by atoms with E-state index < -0.39 is 18.6 Å². The molecule has 0 saturated heterocycles. The van der Waals surface area contributed by atoms with Crippen LogP contribution < -0.4 is 5.73 Å². The topological polar surface area (TPSA) is 92.8 Å². The van der Waals surface area contributed by atoms with Crippen LogP contribution in [0.2, 0.25) is 0 Å². The van der Waals surface area contributed by atoms with E-state index in [0.29, 0.717) is 19.4 Å². The second-order valence-corrected chi connectivity index (χ2v) is 2.74. The fourth-order valence-corrected chi connectivity index (χ4v) is 0.745. The van der Waals surface area contributed by atoms with E-state index in [0.717, 1.165) is 6.42 Å². The summed E-state index contributed by atoms with van der Waals surface area (Å²) in [5.41, 5.74) is 5.19. The predicted octanol–water partition coefficient (Wildman–Crippen LogP) is -0.988. The molecule has 0 aliphatic heterocycles. The summed E-state index contributed by atoms with van der Waals surface area (Å²) in [6.07, 6.45) is 2.24. The lowest BCUT2D eigenvalue weighted by molar-refractivity contribution is -0.146. The lowest BCUT2D eigenvalue weighted by Gasteiger charge is -2.08. The average molecular weight is 191 g/mol. The minimum atomic E-state index is -0.933. The Hall–Kier alpha value is -0.650. The maximum atomic E-state index is 10.9. The first-order valence-corrected chi connectivity index (χ1v) is 4.36. The summed E-state index contributed by atoms with van der Waals surface area (Å²) in [6.45, 7) is 0.0616. The van der Waals surface area contributed by atoms with Gasteiger partial charge in [-0.1, -0.05) is 0 Å². The van der Waals surface area contributed by atoms with Crippen LogP contribution in [0.15, 0.2) is 0 Å². The predicted molar refractivity (Wildman–Crippen MR) is 47.0 cm³/mol. The highest BCUT2D eigenvalue weighted by atomic mass is 16.5. The number of hydrogen-bond acceptors (Lipinski definition) is 5. The van der Waals surface area contributed by atoms with Gasteiger partial charge in [0, 0.05) is 6.61 Å². The number of ether oxygens (including phenoxy) is 1. The number of aliphatic hydroxyl groups excluding tert-OH is 2. The fourth-order valence-electron chi connectivity index (χ4n) is 0.745. The lowest BCUT2D eigenvalue weighted by Crippen LogP contribution is -2.35. The summed E-state index contributed by atoms with van der Waals surface area (Å²) in [4.78, 5) is 10.9. The molecule has 0 aliphatic carbocycles. The molecule has 5 nitrogen and oxygen atoms in total. The van der Waals surface area contributed by atoms with Gasteiger partial charge in [0.25, 0.3) is 0 Å². The maximum Gasteiger partial charge on any atom is 0.325 e. The van der Waals surface area contributed by atoms with Gasteiger partial charge in [-0.25, -0.2) is 0 Å². The third-order valence-corrected chi connectivity index (χ3v) is 1.55. The van der Waals surface area contributed by atoms with Gasteiger partial charge >= 0.3 is 5.97 Å². The molecule has 0 radical (unpaired) electrons. The standard InChI is InChI=1S/C8H17NO4/c9-7(6-11)8(12)13-5-3-1-2-4-10/h7,10-11H,1-6,9H2/t7-/m1/s1. The second kappa shape index (κ2) is 7.97. The van der Waals surface area contributed by atoms with Gasteiger partial charge in [0.2, 0.25) is 0 Å². The molecule has 0 aromatic heterocycles. The molecule has 0 amide bonds. The molecule has 0 aliphatic rings. The van der Waals surface area contributed by atoms with Crippen molar-refractivity contribution >= 4 is 5.97 Å². The Bertz CT molecular complexity index is 140. The molecule has 0 saturated carbocycles. The number of carbonyl (C=O) groups is 1. The third-order valence-electron chi connectivity index (χ3n) is 1.55. The van der Waals surface area contributed by atoms with Crippen LogP contribution in [0.25, 0.3) is 0 Å². The SMILES string of the molecule is N[C@H](CO)C(=O)OCCCCCO. The Morgan fingerprint density at radius 3 is 2.54 bits per heavy atom. The largest absolute Gasteiger partial charge is 0.464 e. The van der Waals surface area contributed by atoms with E-state index in [1.807, 2.05) is 0 Å². The quantitative estimate of drug-likeness (QED) is 0.355. The Morgan fingerprint density at radius 2 is 2.00 bits per heavy atom. The van der Waals surface area contributed by atoms with Crippen molar-refractivity contribution in [3.8, 4) is 0 Å². The van der Waals surface area contributed by atoms with Crippen molar-refractivity contribution in [3.63, 3.8) is 0 Å². The number of esters is 1. The zero-order chi connectivity index (χ0) is 10.1. The Morgan fingerprint density at radius 1 is 1.31 bits per heavy atom. The highest BCUT2D eigenvalue weighted by Gasteiger charge is 2.12. The summed E-state index contributed by atoms with van der Waals surface area (Å²) in [5, 5.41) is 16.9. The molecular formula is C8H17NO4. The van der Waals surface area contributed by atoms with Gasteiger partial charge in [-0.2, -0.15) is 0 Å². The van der Waals surface area contributed by atoms with Crippen molar-refractivity contribution < 1.29 is 19.7 Å². The molecule has 0 unspecified atom stereocenters.